The van der Waals surface area contributed by atoms with Gasteiger partial charge in [-0.2, -0.15) is 4.39 Å². The molecule has 1 nitrogen and oxygen atoms in total. The second-order valence-corrected chi connectivity index (χ2v) is 4.43. The van der Waals surface area contributed by atoms with Crippen LogP contribution in [0.1, 0.15) is 0 Å². The normalized spacial score (nSPS) is 10.6. The maximum absolute atomic E-state index is 13.5. The van der Waals surface area contributed by atoms with Gasteiger partial charge in [-0.15, -0.1) is 0 Å². The van der Waals surface area contributed by atoms with Crippen molar-refractivity contribution in [3.8, 4) is 11.1 Å². The first-order chi connectivity index (χ1) is 8.00. The van der Waals surface area contributed by atoms with Crippen LogP contribution in [-0.2, 0) is 0 Å². The molecule has 0 saturated carbocycles. The predicted octanol–water partition coefficient (Wildman–Crippen LogP) is 4.99. The van der Waals surface area contributed by atoms with E-state index in [0.717, 1.165) is 12.3 Å². The molecular formula is C11H4Cl3F2N. The van der Waals surface area contributed by atoms with Crippen molar-refractivity contribution in [2.45, 2.75) is 0 Å². The number of benzene rings is 1. The molecule has 0 aliphatic carbocycles. The molecule has 0 unspecified atom stereocenters. The Morgan fingerprint density at radius 2 is 1.59 bits per heavy atom. The summed E-state index contributed by atoms with van der Waals surface area (Å²) in [6.45, 7) is 0. The van der Waals surface area contributed by atoms with Gasteiger partial charge in [0.25, 0.3) is 0 Å². The molecule has 0 fully saturated rings. The minimum Gasteiger partial charge on any atom is -0.228 e. The zero-order valence-electron chi connectivity index (χ0n) is 8.15. The van der Waals surface area contributed by atoms with Crippen molar-refractivity contribution >= 4 is 34.8 Å². The van der Waals surface area contributed by atoms with Crippen LogP contribution in [0.3, 0.4) is 0 Å². The number of pyridine rings is 1. The highest BCUT2D eigenvalue weighted by molar-refractivity contribution is 6.44. The van der Waals surface area contributed by atoms with Crippen LogP contribution in [0.25, 0.3) is 11.1 Å². The van der Waals surface area contributed by atoms with Crippen molar-refractivity contribution in [3.63, 3.8) is 0 Å². The SMILES string of the molecule is Fc1ccnc(F)c1-c1cc(Cl)c(Cl)cc1Cl. The predicted molar refractivity (Wildman–Crippen MR) is 64.6 cm³/mol. The molecule has 17 heavy (non-hydrogen) atoms. The molecule has 1 aromatic carbocycles. The second-order valence-electron chi connectivity index (χ2n) is 3.20. The summed E-state index contributed by atoms with van der Waals surface area (Å²) in [6.07, 6.45) is 1.03. The smallest absolute Gasteiger partial charge is 0.223 e. The van der Waals surface area contributed by atoms with E-state index < -0.39 is 11.8 Å². The van der Waals surface area contributed by atoms with Gasteiger partial charge in [0.1, 0.15) is 5.82 Å². The number of aromatic nitrogens is 1. The molecule has 1 aromatic heterocycles. The molecule has 0 bridgehead atoms. The van der Waals surface area contributed by atoms with Crippen LogP contribution in [0.5, 0.6) is 0 Å². The summed E-state index contributed by atoms with van der Waals surface area (Å²) >= 11 is 17.4. The van der Waals surface area contributed by atoms with Gasteiger partial charge in [-0.1, -0.05) is 34.8 Å². The second kappa shape index (κ2) is 4.77. The number of halogens is 5. The summed E-state index contributed by atoms with van der Waals surface area (Å²) in [5, 5.41) is 0.476. The van der Waals surface area contributed by atoms with Crippen LogP contribution in [0.15, 0.2) is 24.4 Å². The molecule has 2 aromatic rings. The van der Waals surface area contributed by atoms with Crippen LogP contribution in [-0.4, -0.2) is 4.98 Å². The first kappa shape index (κ1) is 12.6. The van der Waals surface area contributed by atoms with Crippen molar-refractivity contribution in [1.29, 1.82) is 0 Å². The van der Waals surface area contributed by atoms with Crippen molar-refractivity contribution in [2.24, 2.45) is 0 Å². The van der Waals surface area contributed by atoms with Gasteiger partial charge >= 0.3 is 0 Å². The van der Waals surface area contributed by atoms with Gasteiger partial charge < -0.3 is 0 Å². The summed E-state index contributed by atoms with van der Waals surface area (Å²) in [5.74, 6) is -1.72. The van der Waals surface area contributed by atoms with Gasteiger partial charge in [-0.25, -0.2) is 9.37 Å². The van der Waals surface area contributed by atoms with Crippen LogP contribution in [0, 0.1) is 11.8 Å². The van der Waals surface area contributed by atoms with Gasteiger partial charge in [0.15, 0.2) is 0 Å². The first-order valence-corrected chi connectivity index (χ1v) is 5.59. The Labute approximate surface area is 111 Å². The summed E-state index contributed by atoms with van der Waals surface area (Å²) < 4.78 is 27.0. The van der Waals surface area contributed by atoms with Gasteiger partial charge in [-0.05, 0) is 18.2 Å². The van der Waals surface area contributed by atoms with E-state index in [1.807, 2.05) is 0 Å². The standard InChI is InChI=1S/C11H4Cl3F2N/c12-6-4-8(14)7(13)3-5(6)10-9(15)1-2-17-11(10)16/h1-4H. The number of hydrogen-bond acceptors (Lipinski definition) is 1. The van der Waals surface area contributed by atoms with E-state index in [1.54, 1.807) is 0 Å². The van der Waals surface area contributed by atoms with Crippen molar-refractivity contribution in [1.82, 2.24) is 4.98 Å². The lowest BCUT2D eigenvalue weighted by Gasteiger charge is -2.08. The minimum atomic E-state index is -0.953. The highest BCUT2D eigenvalue weighted by atomic mass is 35.5. The molecule has 2 rings (SSSR count). The number of hydrogen-bond donors (Lipinski definition) is 0. The van der Waals surface area contributed by atoms with Gasteiger partial charge in [-0.3, -0.25) is 0 Å². The van der Waals surface area contributed by atoms with E-state index in [1.165, 1.54) is 12.1 Å². The molecule has 0 aliphatic rings. The molecule has 1 heterocycles. The van der Waals surface area contributed by atoms with E-state index >= 15 is 0 Å². The Morgan fingerprint density at radius 1 is 0.941 bits per heavy atom. The molecule has 0 atom stereocenters. The van der Waals surface area contributed by atoms with E-state index in [0.29, 0.717) is 0 Å². The lowest BCUT2D eigenvalue weighted by atomic mass is 10.1. The lowest BCUT2D eigenvalue weighted by molar-refractivity contribution is 0.558. The minimum absolute atomic E-state index is 0.102. The van der Waals surface area contributed by atoms with Crippen molar-refractivity contribution < 1.29 is 8.78 Å². The van der Waals surface area contributed by atoms with E-state index in [2.05, 4.69) is 4.98 Å². The Kier molecular flexibility index (Phi) is 3.52. The highest BCUT2D eigenvalue weighted by Gasteiger charge is 2.16. The van der Waals surface area contributed by atoms with E-state index in [4.69, 9.17) is 34.8 Å². The summed E-state index contributed by atoms with van der Waals surface area (Å²) in [4.78, 5) is 3.37. The molecule has 0 radical (unpaired) electrons. The molecule has 0 aliphatic heterocycles. The highest BCUT2D eigenvalue weighted by Crippen LogP contribution is 2.36. The Hall–Kier alpha value is -0.900. The summed E-state index contributed by atoms with van der Waals surface area (Å²) in [7, 11) is 0. The van der Waals surface area contributed by atoms with Crippen LogP contribution < -0.4 is 0 Å². The zero-order valence-corrected chi connectivity index (χ0v) is 10.4. The van der Waals surface area contributed by atoms with Crippen molar-refractivity contribution in [3.05, 3.63) is 51.2 Å². The molecule has 88 valence electrons. The lowest BCUT2D eigenvalue weighted by Crippen LogP contribution is -1.94. The monoisotopic (exact) mass is 293 g/mol. The summed E-state index contributed by atoms with van der Waals surface area (Å²) in [5.41, 5.74) is -0.208. The molecule has 0 saturated heterocycles. The molecular weight excluding hydrogens is 290 g/mol. The van der Waals surface area contributed by atoms with Crippen LogP contribution >= 0.6 is 34.8 Å². The van der Waals surface area contributed by atoms with Crippen LogP contribution in [0.2, 0.25) is 15.1 Å². The van der Waals surface area contributed by atoms with Crippen LogP contribution in [0.4, 0.5) is 8.78 Å². The Morgan fingerprint density at radius 3 is 2.24 bits per heavy atom. The summed E-state index contributed by atoms with van der Waals surface area (Å²) in [6, 6.07) is 3.67. The average molecular weight is 295 g/mol. The third-order valence-corrected chi connectivity index (χ3v) is 3.17. The maximum Gasteiger partial charge on any atom is 0.223 e. The number of nitrogens with zero attached hydrogens (tertiary/aromatic N) is 1. The fourth-order valence-electron chi connectivity index (χ4n) is 1.37. The van der Waals surface area contributed by atoms with Gasteiger partial charge in [0, 0.05) is 11.8 Å². The van der Waals surface area contributed by atoms with Gasteiger partial charge in [0.2, 0.25) is 5.95 Å². The maximum atomic E-state index is 13.5. The zero-order chi connectivity index (χ0) is 12.6. The Balaban J connectivity index is 2.73. The largest absolute Gasteiger partial charge is 0.228 e. The fraction of sp³-hybridized carbons (Fsp3) is 0. The number of rotatable bonds is 1. The molecule has 0 N–H and O–H groups in total. The quantitative estimate of drug-likeness (QED) is 0.533. The molecule has 0 spiro atoms. The van der Waals surface area contributed by atoms with Gasteiger partial charge in [0.05, 0.1) is 20.6 Å². The molecule has 0 amide bonds. The third-order valence-electron chi connectivity index (χ3n) is 2.13. The van der Waals surface area contributed by atoms with Crippen molar-refractivity contribution in [2.75, 3.05) is 0 Å². The third kappa shape index (κ3) is 2.37. The van der Waals surface area contributed by atoms with E-state index in [9.17, 15) is 8.78 Å². The van der Waals surface area contributed by atoms with E-state index in [-0.39, 0.29) is 26.2 Å². The topological polar surface area (TPSA) is 12.9 Å². The average Bonchev–Trinajstić information content (AvgIpc) is 2.25. The first-order valence-electron chi connectivity index (χ1n) is 4.45. The fourth-order valence-corrected chi connectivity index (χ4v) is 2.01. The Bertz CT molecular complexity index is 567. The molecule has 6 heteroatoms.